The van der Waals surface area contributed by atoms with Crippen LogP contribution >= 0.6 is 0 Å². The van der Waals surface area contributed by atoms with E-state index >= 15 is 0 Å². The summed E-state index contributed by atoms with van der Waals surface area (Å²) in [6.45, 7) is 8.13. The number of hydrogen-bond acceptors (Lipinski definition) is 2. The minimum Gasteiger partial charge on any atom is -0.444 e. The predicted molar refractivity (Wildman–Crippen MR) is 214 cm³/mol. The minimum absolute atomic E-state index is 0.0937. The summed E-state index contributed by atoms with van der Waals surface area (Å²) in [5.74, 6) is 0.00832. The fourth-order valence-electron chi connectivity index (χ4n) is 8.97. The summed E-state index contributed by atoms with van der Waals surface area (Å²) < 4.78 is 13.0. The van der Waals surface area contributed by atoms with Crippen molar-refractivity contribution in [3.63, 3.8) is 0 Å². The monoisotopic (exact) mass is 675 g/mol. The van der Waals surface area contributed by atoms with Crippen molar-refractivity contribution in [2.24, 2.45) is 17.8 Å². The van der Waals surface area contributed by atoms with E-state index in [0.29, 0.717) is 5.92 Å². The molecule has 1 aliphatic carbocycles. The van der Waals surface area contributed by atoms with Gasteiger partial charge < -0.3 is 18.4 Å². The van der Waals surface area contributed by atoms with Crippen LogP contribution in [0.1, 0.15) is 12.8 Å². The van der Waals surface area contributed by atoms with Crippen molar-refractivity contribution in [1.29, 1.82) is 0 Å². The number of benzene rings is 6. The van der Waals surface area contributed by atoms with Gasteiger partial charge in [0, 0.05) is 43.7 Å². The van der Waals surface area contributed by atoms with Crippen LogP contribution in [0.25, 0.3) is 76.8 Å². The number of fused-ring (bicyclic) bond motifs is 9. The summed E-state index contributed by atoms with van der Waals surface area (Å²) in [4.78, 5) is 13.6. The van der Waals surface area contributed by atoms with Crippen molar-refractivity contribution in [2.45, 2.75) is 19.6 Å². The van der Waals surface area contributed by atoms with Gasteiger partial charge in [-0.15, -0.1) is 13.2 Å². The number of esters is 1. The van der Waals surface area contributed by atoms with E-state index in [0.717, 1.165) is 68.1 Å². The summed E-state index contributed by atoms with van der Waals surface area (Å²) in [6, 6.07) is 47.7. The van der Waals surface area contributed by atoms with Crippen molar-refractivity contribution in [3.8, 4) is 11.4 Å². The Kier molecular flexibility index (Phi) is 6.97. The van der Waals surface area contributed by atoms with E-state index in [1.54, 1.807) is 0 Å². The van der Waals surface area contributed by atoms with Crippen LogP contribution in [0.4, 0.5) is 0 Å². The Labute approximate surface area is 301 Å². The molecule has 3 heterocycles. The summed E-state index contributed by atoms with van der Waals surface area (Å²) in [7, 11) is 0. The number of hydrogen-bond donors (Lipinski definition) is 0. The highest BCUT2D eigenvalue weighted by atomic mass is 16.5. The van der Waals surface area contributed by atoms with Gasteiger partial charge >= 0.3 is 5.97 Å². The van der Waals surface area contributed by atoms with Gasteiger partial charge in [0.25, 0.3) is 0 Å². The van der Waals surface area contributed by atoms with Crippen LogP contribution in [0.5, 0.6) is 0 Å². The third kappa shape index (κ3) is 4.52. The normalized spacial score (nSPS) is 17.6. The van der Waals surface area contributed by atoms with Crippen molar-refractivity contribution in [3.05, 3.63) is 159 Å². The molecule has 0 radical (unpaired) electrons. The van der Waals surface area contributed by atoms with Crippen molar-refractivity contribution in [1.82, 2.24) is 13.7 Å². The molecule has 0 saturated heterocycles. The highest BCUT2D eigenvalue weighted by molar-refractivity contribution is 6.13. The molecule has 5 heteroatoms. The van der Waals surface area contributed by atoms with Gasteiger partial charge in [0.05, 0.1) is 39.0 Å². The van der Waals surface area contributed by atoms with Gasteiger partial charge in [-0.25, -0.2) is 0 Å². The highest BCUT2D eigenvalue weighted by Crippen LogP contribution is 2.40. The van der Waals surface area contributed by atoms with Crippen LogP contribution in [-0.2, 0) is 16.3 Å². The van der Waals surface area contributed by atoms with Crippen molar-refractivity contribution < 1.29 is 9.53 Å². The molecule has 1 fully saturated rings. The van der Waals surface area contributed by atoms with Crippen LogP contribution in [0.15, 0.2) is 159 Å². The molecule has 1 aliphatic rings. The molecule has 252 valence electrons. The van der Waals surface area contributed by atoms with Crippen LogP contribution in [0.2, 0.25) is 0 Å². The molecule has 5 nitrogen and oxygen atoms in total. The van der Waals surface area contributed by atoms with E-state index in [1.165, 1.54) is 21.5 Å². The molecule has 0 bridgehead atoms. The third-order valence-corrected chi connectivity index (χ3v) is 11.4. The zero-order valence-corrected chi connectivity index (χ0v) is 28.8. The van der Waals surface area contributed by atoms with Crippen molar-refractivity contribution >= 4 is 71.4 Å². The summed E-state index contributed by atoms with van der Waals surface area (Å²) in [6.07, 6.45) is 5.50. The number of carbonyl (C=O) groups excluding carboxylic acids is 1. The van der Waals surface area contributed by atoms with E-state index in [9.17, 15) is 4.79 Å². The quantitative estimate of drug-likeness (QED) is 0.125. The van der Waals surface area contributed by atoms with E-state index in [-0.39, 0.29) is 24.5 Å². The molecule has 1 saturated carbocycles. The Morgan fingerprint density at radius 1 is 0.558 bits per heavy atom. The molecular weight excluding hydrogens is 639 g/mol. The third-order valence-electron chi connectivity index (χ3n) is 11.4. The Balaban J connectivity index is 1.17. The Morgan fingerprint density at radius 2 is 1.00 bits per heavy atom. The maximum absolute atomic E-state index is 13.6. The fraction of sp³-hybridized carbons (Fsp3) is 0.128. The van der Waals surface area contributed by atoms with E-state index in [4.69, 9.17) is 4.74 Å². The van der Waals surface area contributed by atoms with Crippen LogP contribution in [0.3, 0.4) is 0 Å². The number of aromatic nitrogens is 3. The van der Waals surface area contributed by atoms with Gasteiger partial charge in [0.2, 0.25) is 0 Å². The number of rotatable bonds is 7. The maximum Gasteiger partial charge on any atom is 0.311 e. The minimum atomic E-state index is -0.211. The predicted octanol–water partition coefficient (Wildman–Crippen LogP) is 11.5. The van der Waals surface area contributed by atoms with Crippen LogP contribution in [0, 0.1) is 17.8 Å². The largest absolute Gasteiger partial charge is 0.444 e. The molecule has 9 aromatic rings. The number of para-hydroxylation sites is 4. The van der Waals surface area contributed by atoms with Gasteiger partial charge in [-0.05, 0) is 85.3 Å². The average Bonchev–Trinajstić information content (AvgIpc) is 3.95. The summed E-state index contributed by atoms with van der Waals surface area (Å²) in [5.41, 5.74) is 8.85. The Bertz CT molecular complexity index is 2620. The first-order chi connectivity index (χ1) is 25.6. The molecule has 0 spiro atoms. The molecule has 0 N–H and O–H groups in total. The van der Waals surface area contributed by atoms with E-state index in [2.05, 4.69) is 160 Å². The molecule has 52 heavy (non-hydrogen) atoms. The molecular formula is C47H37N3O2. The zero-order valence-electron chi connectivity index (χ0n) is 28.8. The van der Waals surface area contributed by atoms with Gasteiger partial charge in [0.15, 0.2) is 6.73 Å². The van der Waals surface area contributed by atoms with Crippen molar-refractivity contribution in [2.75, 3.05) is 0 Å². The lowest BCUT2D eigenvalue weighted by Gasteiger charge is -2.16. The average molecular weight is 676 g/mol. The smallest absolute Gasteiger partial charge is 0.311 e. The van der Waals surface area contributed by atoms with Crippen LogP contribution < -0.4 is 0 Å². The van der Waals surface area contributed by atoms with Gasteiger partial charge in [-0.3, -0.25) is 4.79 Å². The lowest BCUT2D eigenvalue weighted by atomic mass is 9.97. The van der Waals surface area contributed by atoms with Gasteiger partial charge in [-0.2, -0.15) is 0 Å². The van der Waals surface area contributed by atoms with Crippen LogP contribution in [-0.4, -0.2) is 19.7 Å². The summed E-state index contributed by atoms with van der Waals surface area (Å²) in [5, 5.41) is 7.11. The first-order valence-electron chi connectivity index (χ1n) is 18.1. The molecule has 3 atom stereocenters. The topological polar surface area (TPSA) is 41.1 Å². The Morgan fingerprint density at radius 3 is 1.42 bits per heavy atom. The standard InChI is InChI=1S/C47H37N3O2/c1-3-30-25-31(4-2)38(26-30)47(51)52-29-48-41-23-21-32(49-43-17-9-5-13-34(43)35-14-6-10-18-44(35)49)27-39(41)40-28-33(22-24-42(40)48)50-45-19-11-7-15-36(45)37-16-8-12-20-46(37)50/h3-24,27-28,30-31,38H,1-2,25-26,29H2. The number of ether oxygens (including phenoxy) is 1. The number of allylic oxidation sites excluding steroid dienone is 2. The molecule has 0 amide bonds. The zero-order chi connectivity index (χ0) is 34.9. The fourth-order valence-corrected chi connectivity index (χ4v) is 8.97. The SMILES string of the molecule is C=CC1CC(C=C)C(C(=O)OCn2c3ccc(-n4c5ccccc5c5ccccc54)cc3c3cc(-n4c5ccccc5c5ccccc54)ccc32)C1. The van der Waals surface area contributed by atoms with Gasteiger partial charge in [-0.1, -0.05) is 84.9 Å². The molecule has 3 aromatic heterocycles. The van der Waals surface area contributed by atoms with E-state index < -0.39 is 0 Å². The van der Waals surface area contributed by atoms with Gasteiger partial charge in [0.1, 0.15) is 0 Å². The highest BCUT2D eigenvalue weighted by Gasteiger charge is 2.37. The number of carbonyl (C=O) groups is 1. The molecule has 10 rings (SSSR count). The second kappa shape index (κ2) is 11.9. The summed E-state index contributed by atoms with van der Waals surface area (Å²) >= 11 is 0. The molecule has 6 aromatic carbocycles. The lowest BCUT2D eigenvalue weighted by molar-refractivity contribution is -0.153. The molecule has 3 unspecified atom stereocenters. The lowest BCUT2D eigenvalue weighted by Crippen LogP contribution is -2.21. The first-order valence-corrected chi connectivity index (χ1v) is 18.1. The maximum atomic E-state index is 13.6. The number of nitrogens with zero attached hydrogens (tertiary/aromatic N) is 3. The second-order valence-corrected chi connectivity index (χ2v) is 14.1. The second-order valence-electron chi connectivity index (χ2n) is 14.1. The van der Waals surface area contributed by atoms with E-state index in [1.807, 2.05) is 12.2 Å². The molecule has 0 aliphatic heterocycles. The Hall–Kier alpha value is -6.33. The first kappa shape index (κ1) is 30.5.